The van der Waals surface area contributed by atoms with Gasteiger partial charge in [-0.25, -0.2) is 8.78 Å². The van der Waals surface area contributed by atoms with Crippen molar-refractivity contribution in [2.24, 2.45) is 5.41 Å². The van der Waals surface area contributed by atoms with E-state index < -0.39 is 18.4 Å². The van der Waals surface area contributed by atoms with Gasteiger partial charge in [0, 0.05) is 6.61 Å². The van der Waals surface area contributed by atoms with Crippen LogP contribution < -0.4 is 5.32 Å². The van der Waals surface area contributed by atoms with Crippen LogP contribution in [0.4, 0.5) is 8.78 Å². The molecule has 1 saturated heterocycles. The quantitative estimate of drug-likeness (QED) is 0.719. The lowest BCUT2D eigenvalue weighted by Crippen LogP contribution is -2.41. The maximum Gasteiger partial charge on any atom is 0.255 e. The predicted molar refractivity (Wildman–Crippen MR) is 42.6 cm³/mol. The Hall–Kier alpha value is -0.710. The average molecular weight is 193 g/mol. The Balaban J connectivity index is 2.38. The highest BCUT2D eigenvalue weighted by Crippen LogP contribution is 2.27. The minimum absolute atomic E-state index is 0.321. The van der Waals surface area contributed by atoms with Gasteiger partial charge in [-0.05, 0) is 13.3 Å². The zero-order chi connectivity index (χ0) is 9.90. The van der Waals surface area contributed by atoms with Crippen LogP contribution in [0.25, 0.3) is 0 Å². The molecule has 0 spiro atoms. The minimum Gasteiger partial charge on any atom is -0.380 e. The number of carbonyl (C=O) groups is 1. The van der Waals surface area contributed by atoms with E-state index in [0.717, 1.165) is 0 Å². The Morgan fingerprint density at radius 1 is 1.69 bits per heavy atom. The van der Waals surface area contributed by atoms with Crippen LogP contribution in [0, 0.1) is 5.41 Å². The summed E-state index contributed by atoms with van der Waals surface area (Å²) in [6.07, 6.45) is -1.89. The van der Waals surface area contributed by atoms with Crippen LogP contribution in [0.3, 0.4) is 0 Å². The number of nitrogens with one attached hydrogen (secondary N) is 1. The van der Waals surface area contributed by atoms with Crippen LogP contribution in [-0.4, -0.2) is 32.1 Å². The SMILES string of the molecule is CC1(C(=O)NCC(F)F)CCOC1. The topological polar surface area (TPSA) is 38.3 Å². The number of amides is 1. The minimum atomic E-state index is -2.49. The van der Waals surface area contributed by atoms with Crippen LogP contribution in [0.15, 0.2) is 0 Å². The monoisotopic (exact) mass is 193 g/mol. The second-order valence-corrected chi connectivity index (χ2v) is 3.46. The number of halogens is 2. The van der Waals surface area contributed by atoms with E-state index in [2.05, 4.69) is 5.32 Å². The summed E-state index contributed by atoms with van der Waals surface area (Å²) >= 11 is 0. The Morgan fingerprint density at radius 3 is 2.85 bits per heavy atom. The van der Waals surface area contributed by atoms with Crippen molar-refractivity contribution in [2.45, 2.75) is 19.8 Å². The Kier molecular flexibility index (Phi) is 3.19. The van der Waals surface area contributed by atoms with E-state index in [0.29, 0.717) is 19.6 Å². The summed E-state index contributed by atoms with van der Waals surface area (Å²) < 4.78 is 28.6. The van der Waals surface area contributed by atoms with Crippen LogP contribution >= 0.6 is 0 Å². The van der Waals surface area contributed by atoms with E-state index in [1.807, 2.05) is 0 Å². The molecule has 1 rings (SSSR count). The van der Waals surface area contributed by atoms with Gasteiger partial charge in [0.25, 0.3) is 6.43 Å². The van der Waals surface area contributed by atoms with Gasteiger partial charge in [-0.3, -0.25) is 4.79 Å². The molecule has 1 atom stereocenters. The molecule has 0 saturated carbocycles. The first-order valence-electron chi connectivity index (χ1n) is 4.19. The number of hydrogen-bond donors (Lipinski definition) is 1. The molecule has 13 heavy (non-hydrogen) atoms. The third-order valence-electron chi connectivity index (χ3n) is 2.18. The van der Waals surface area contributed by atoms with E-state index >= 15 is 0 Å². The molecule has 3 nitrogen and oxygen atoms in total. The fourth-order valence-corrected chi connectivity index (χ4v) is 1.23. The van der Waals surface area contributed by atoms with Crippen molar-refractivity contribution in [3.05, 3.63) is 0 Å². The van der Waals surface area contributed by atoms with Crippen molar-refractivity contribution in [1.82, 2.24) is 5.32 Å². The highest BCUT2D eigenvalue weighted by Gasteiger charge is 2.37. The van der Waals surface area contributed by atoms with Gasteiger partial charge in [0.1, 0.15) is 0 Å². The van der Waals surface area contributed by atoms with Gasteiger partial charge >= 0.3 is 0 Å². The van der Waals surface area contributed by atoms with Crippen LogP contribution in [0.5, 0.6) is 0 Å². The van der Waals surface area contributed by atoms with Crippen molar-refractivity contribution >= 4 is 5.91 Å². The first-order valence-corrected chi connectivity index (χ1v) is 4.19. The molecule has 1 amide bonds. The van der Waals surface area contributed by atoms with Crippen molar-refractivity contribution in [2.75, 3.05) is 19.8 Å². The fraction of sp³-hybridized carbons (Fsp3) is 0.875. The molecule has 1 N–H and O–H groups in total. The number of alkyl halides is 2. The van der Waals surface area contributed by atoms with Crippen LogP contribution in [0.1, 0.15) is 13.3 Å². The van der Waals surface area contributed by atoms with Gasteiger partial charge in [0.2, 0.25) is 5.91 Å². The first kappa shape index (κ1) is 10.4. The molecule has 0 aromatic rings. The zero-order valence-corrected chi connectivity index (χ0v) is 7.48. The molecule has 0 bridgehead atoms. The smallest absolute Gasteiger partial charge is 0.255 e. The summed E-state index contributed by atoms with van der Waals surface area (Å²) in [7, 11) is 0. The van der Waals surface area contributed by atoms with E-state index in [1.165, 1.54) is 0 Å². The third-order valence-corrected chi connectivity index (χ3v) is 2.18. The second kappa shape index (κ2) is 4.00. The van der Waals surface area contributed by atoms with E-state index in [4.69, 9.17) is 4.74 Å². The van der Waals surface area contributed by atoms with Gasteiger partial charge in [-0.15, -0.1) is 0 Å². The summed E-state index contributed by atoms with van der Waals surface area (Å²) in [5.41, 5.74) is -0.616. The van der Waals surface area contributed by atoms with Crippen molar-refractivity contribution in [3.63, 3.8) is 0 Å². The summed E-state index contributed by atoms with van der Waals surface area (Å²) in [6, 6.07) is 0. The standard InChI is InChI=1S/C8H13F2NO2/c1-8(2-3-13-5-8)7(12)11-4-6(9)10/h6H,2-5H2,1H3,(H,11,12). The average Bonchev–Trinajstić information content (AvgIpc) is 2.49. The first-order chi connectivity index (χ1) is 6.04. The molecule has 1 fully saturated rings. The van der Waals surface area contributed by atoms with Crippen molar-refractivity contribution in [3.8, 4) is 0 Å². The lowest BCUT2D eigenvalue weighted by molar-refractivity contribution is -0.130. The van der Waals surface area contributed by atoms with Gasteiger partial charge < -0.3 is 10.1 Å². The normalized spacial score (nSPS) is 28.0. The molecule has 1 aliphatic rings. The summed E-state index contributed by atoms with van der Waals surface area (Å²) in [6.45, 7) is 2.00. The highest BCUT2D eigenvalue weighted by molar-refractivity contribution is 5.82. The Bertz CT molecular complexity index is 191. The lowest BCUT2D eigenvalue weighted by Gasteiger charge is -2.20. The third kappa shape index (κ3) is 2.62. The molecule has 76 valence electrons. The molecule has 1 unspecified atom stereocenters. The number of ether oxygens (including phenoxy) is 1. The van der Waals surface area contributed by atoms with Gasteiger partial charge in [0.05, 0.1) is 18.6 Å². The molecular weight excluding hydrogens is 180 g/mol. The van der Waals surface area contributed by atoms with Gasteiger partial charge in [-0.1, -0.05) is 0 Å². The molecule has 1 aliphatic heterocycles. The number of carbonyl (C=O) groups excluding carboxylic acids is 1. The van der Waals surface area contributed by atoms with Crippen molar-refractivity contribution in [1.29, 1.82) is 0 Å². The Labute approximate surface area is 75.4 Å². The highest BCUT2D eigenvalue weighted by atomic mass is 19.3. The summed E-state index contributed by atoms with van der Waals surface area (Å²) in [4.78, 5) is 11.3. The molecule has 0 aromatic heterocycles. The molecule has 0 aliphatic carbocycles. The summed E-state index contributed by atoms with van der Waals surface area (Å²) in [5.74, 6) is -0.342. The molecule has 0 aromatic carbocycles. The number of hydrogen-bond acceptors (Lipinski definition) is 2. The molecular formula is C8H13F2NO2. The van der Waals surface area contributed by atoms with E-state index in [9.17, 15) is 13.6 Å². The predicted octanol–water partition coefficient (Wildman–Crippen LogP) is 0.794. The zero-order valence-electron chi connectivity index (χ0n) is 7.48. The van der Waals surface area contributed by atoms with Crippen LogP contribution in [0.2, 0.25) is 0 Å². The number of rotatable bonds is 3. The van der Waals surface area contributed by atoms with Gasteiger partial charge in [0.15, 0.2) is 0 Å². The molecule has 1 heterocycles. The Morgan fingerprint density at radius 2 is 2.38 bits per heavy atom. The second-order valence-electron chi connectivity index (χ2n) is 3.46. The largest absolute Gasteiger partial charge is 0.380 e. The summed E-state index contributed by atoms with van der Waals surface area (Å²) in [5, 5.41) is 2.20. The van der Waals surface area contributed by atoms with Gasteiger partial charge in [-0.2, -0.15) is 0 Å². The van der Waals surface area contributed by atoms with Crippen molar-refractivity contribution < 1.29 is 18.3 Å². The lowest BCUT2D eigenvalue weighted by atomic mass is 9.89. The maximum absolute atomic E-state index is 11.8. The van der Waals surface area contributed by atoms with Crippen LogP contribution in [-0.2, 0) is 9.53 Å². The molecule has 0 radical (unpaired) electrons. The van der Waals surface area contributed by atoms with E-state index in [1.54, 1.807) is 6.92 Å². The maximum atomic E-state index is 11.8. The van der Waals surface area contributed by atoms with E-state index in [-0.39, 0.29) is 5.91 Å². The fourth-order valence-electron chi connectivity index (χ4n) is 1.23. The molecule has 5 heteroatoms.